The van der Waals surface area contributed by atoms with Crippen molar-refractivity contribution in [1.29, 1.82) is 0 Å². The van der Waals surface area contributed by atoms with Crippen LogP contribution in [-0.2, 0) is 9.47 Å². The van der Waals surface area contributed by atoms with Gasteiger partial charge in [0.1, 0.15) is 15.4 Å². The number of methoxy groups -OCH3 is 2. The monoisotopic (exact) mass is 202 g/mol. The Labute approximate surface area is 82.3 Å². The van der Waals surface area contributed by atoms with Gasteiger partial charge in [-0.05, 0) is 13.8 Å². The number of hydrogen-bond acceptors (Lipinski definition) is 4. The summed E-state index contributed by atoms with van der Waals surface area (Å²) in [4.78, 5) is 0. The van der Waals surface area contributed by atoms with Gasteiger partial charge in [0.2, 0.25) is 0 Å². The van der Waals surface area contributed by atoms with Gasteiger partial charge in [0.15, 0.2) is 0 Å². The van der Waals surface area contributed by atoms with Gasteiger partial charge in [-0.3, -0.25) is 0 Å². The molecule has 76 valence electrons. The number of nitrogens with one attached hydrogen (secondary N) is 1. The van der Waals surface area contributed by atoms with E-state index < -0.39 is 0 Å². The van der Waals surface area contributed by atoms with Gasteiger partial charge in [-0.2, -0.15) is 0 Å². The van der Waals surface area contributed by atoms with E-state index in [4.69, 9.17) is 15.2 Å². The second-order valence-electron chi connectivity index (χ2n) is 3.22. The van der Waals surface area contributed by atoms with Gasteiger partial charge >= 0.3 is 0 Å². The van der Waals surface area contributed by atoms with Crippen LogP contribution < -0.4 is 11.1 Å². The molecule has 0 aromatic carbocycles. The lowest BCUT2D eigenvalue weighted by Gasteiger charge is -2.29. The van der Waals surface area contributed by atoms with E-state index in [0.717, 1.165) is 0 Å². The van der Waals surface area contributed by atoms with Gasteiger partial charge in [0.25, 0.3) is 0 Å². The maximum absolute atomic E-state index is 5.45. The third kappa shape index (κ3) is 5.68. The van der Waals surface area contributed by atoms with Crippen LogP contribution in [0.1, 0.15) is 13.8 Å². The summed E-state index contributed by atoms with van der Waals surface area (Å²) in [6.07, 6.45) is 0. The van der Waals surface area contributed by atoms with Crippen molar-refractivity contribution >= 4 is 9.52 Å². The molecule has 0 aliphatic heterocycles. The Balaban J connectivity index is 4.05. The van der Waals surface area contributed by atoms with Crippen molar-refractivity contribution in [3.8, 4) is 0 Å². The van der Waals surface area contributed by atoms with Crippen LogP contribution in [0.3, 0.4) is 0 Å². The molecule has 0 saturated carbocycles. The molecule has 0 unspecified atom stereocenters. The van der Waals surface area contributed by atoms with E-state index in [1.54, 1.807) is 14.2 Å². The molecule has 0 aromatic heterocycles. The van der Waals surface area contributed by atoms with E-state index in [0.29, 0.717) is 15.3 Å². The van der Waals surface area contributed by atoms with Crippen LogP contribution in [0.5, 0.6) is 0 Å². The van der Waals surface area contributed by atoms with Gasteiger partial charge in [-0.15, -0.1) is 0 Å². The highest BCUT2D eigenvalue weighted by Crippen LogP contribution is 2.05. The van der Waals surface area contributed by atoms with Gasteiger partial charge in [-0.1, -0.05) is 6.58 Å². The van der Waals surface area contributed by atoms with Gasteiger partial charge < -0.3 is 20.5 Å². The summed E-state index contributed by atoms with van der Waals surface area (Å²) in [5.41, 5.74) is 5.45. The number of rotatable bonds is 6. The highest BCUT2D eigenvalue weighted by molar-refractivity contribution is 6.41. The second-order valence-corrected chi connectivity index (χ2v) is 5.23. The summed E-state index contributed by atoms with van der Waals surface area (Å²) >= 11 is 0. The quantitative estimate of drug-likeness (QED) is 0.471. The Hall–Kier alpha value is -0.523. The minimum Gasteiger partial charge on any atom is -0.386 e. The fraction of sp³-hybridized carbons (Fsp3) is 0.750. The van der Waals surface area contributed by atoms with E-state index in [2.05, 4.69) is 11.9 Å². The van der Waals surface area contributed by atoms with Crippen LogP contribution in [0.2, 0.25) is 0 Å². The lowest BCUT2D eigenvalue weighted by atomic mass is 10.4. The molecular formula is C8H18N2O2Si. The van der Waals surface area contributed by atoms with E-state index >= 15 is 0 Å². The molecule has 2 radical (unpaired) electrons. The maximum atomic E-state index is 5.45. The molecule has 5 heteroatoms. The molecule has 0 saturated heterocycles. The van der Waals surface area contributed by atoms with Crippen molar-refractivity contribution in [2.24, 2.45) is 5.73 Å². The van der Waals surface area contributed by atoms with Crippen molar-refractivity contribution in [3.05, 3.63) is 12.4 Å². The molecule has 0 spiro atoms. The molecule has 0 atom stereocenters. The molecule has 0 heterocycles. The van der Waals surface area contributed by atoms with Crippen molar-refractivity contribution in [3.63, 3.8) is 0 Å². The normalized spacial score (nSPS) is 11.8. The average Bonchev–Trinajstić information content (AvgIpc) is 1.97. The Morgan fingerprint density at radius 2 is 1.92 bits per heavy atom. The maximum Gasteiger partial charge on any atom is 0.149 e. The third-order valence-electron chi connectivity index (χ3n) is 1.38. The van der Waals surface area contributed by atoms with Crippen molar-refractivity contribution < 1.29 is 9.47 Å². The molecule has 0 fully saturated rings. The molecular weight excluding hydrogens is 184 g/mol. The highest BCUT2D eigenvalue weighted by atomic mass is 28.2. The van der Waals surface area contributed by atoms with E-state index in [-0.39, 0.29) is 11.1 Å². The Morgan fingerprint density at radius 1 is 1.46 bits per heavy atom. The summed E-state index contributed by atoms with van der Waals surface area (Å²) in [6, 6.07) is 0. The summed E-state index contributed by atoms with van der Waals surface area (Å²) in [7, 11) is 3.69. The van der Waals surface area contributed by atoms with Gasteiger partial charge in [0.05, 0.1) is 5.82 Å². The lowest BCUT2D eigenvalue weighted by Crippen LogP contribution is -2.50. The summed E-state index contributed by atoms with van der Waals surface area (Å²) < 4.78 is 10.2. The molecule has 0 bridgehead atoms. The van der Waals surface area contributed by atoms with Crippen LogP contribution in [0.15, 0.2) is 12.4 Å². The van der Waals surface area contributed by atoms with Crippen molar-refractivity contribution in [2.45, 2.75) is 24.9 Å². The first-order valence-corrected chi connectivity index (χ1v) is 5.05. The topological polar surface area (TPSA) is 56.5 Å². The molecule has 0 rings (SSSR count). The minimum atomic E-state index is -0.193. The minimum absolute atomic E-state index is 0.150. The molecule has 3 N–H and O–H groups in total. The highest BCUT2D eigenvalue weighted by Gasteiger charge is 2.24. The Bertz CT molecular complexity index is 170. The fourth-order valence-electron chi connectivity index (χ4n) is 0.946. The van der Waals surface area contributed by atoms with E-state index in [1.807, 2.05) is 13.8 Å². The number of hydrogen-bond donors (Lipinski definition) is 2. The molecule has 4 nitrogen and oxygen atoms in total. The van der Waals surface area contributed by atoms with Crippen molar-refractivity contribution in [1.82, 2.24) is 5.32 Å². The first kappa shape index (κ1) is 12.5. The van der Waals surface area contributed by atoms with Crippen LogP contribution in [0, 0.1) is 0 Å². The molecule has 13 heavy (non-hydrogen) atoms. The van der Waals surface area contributed by atoms with Crippen LogP contribution in [0.4, 0.5) is 0 Å². The van der Waals surface area contributed by atoms with E-state index in [1.165, 1.54) is 0 Å². The molecule has 0 amide bonds. The zero-order valence-electron chi connectivity index (χ0n) is 8.68. The summed E-state index contributed by atoms with van der Waals surface area (Å²) in [5, 5.41) is 2.90. The average molecular weight is 202 g/mol. The Kier molecular flexibility index (Phi) is 5.05. The lowest BCUT2D eigenvalue weighted by molar-refractivity contribution is -0.0459. The first-order chi connectivity index (χ1) is 5.91. The number of ether oxygens (including phenoxy) is 2. The predicted octanol–water partition coefficient (Wildman–Crippen LogP) is 0.0226. The summed E-state index contributed by atoms with van der Waals surface area (Å²) in [5.74, 6) is 0.269. The Morgan fingerprint density at radius 3 is 2.23 bits per heavy atom. The SMILES string of the molecule is C=C(N)NC(C)(C)[Si]C(OC)OC. The molecule has 0 aliphatic rings. The second kappa shape index (κ2) is 5.26. The zero-order valence-corrected chi connectivity index (χ0v) is 9.68. The predicted molar refractivity (Wildman–Crippen MR) is 54.1 cm³/mol. The zero-order chi connectivity index (χ0) is 10.5. The third-order valence-corrected chi connectivity index (χ3v) is 2.93. The first-order valence-electron chi connectivity index (χ1n) is 3.97. The molecule has 0 aliphatic carbocycles. The largest absolute Gasteiger partial charge is 0.386 e. The van der Waals surface area contributed by atoms with Crippen molar-refractivity contribution in [2.75, 3.05) is 14.2 Å². The van der Waals surface area contributed by atoms with Crippen LogP contribution >= 0.6 is 0 Å². The fourth-order valence-corrected chi connectivity index (χ4v) is 2.00. The summed E-state index contributed by atoms with van der Waals surface area (Å²) in [6.45, 7) is 7.63. The molecule has 0 aromatic rings. The van der Waals surface area contributed by atoms with Crippen LogP contribution in [0.25, 0.3) is 0 Å². The standard InChI is InChI=1S/C8H18N2O2Si/c1-6(9)10-8(2,3)13-7(11-4)12-5/h7,10H,1,9H2,2-5H3. The van der Waals surface area contributed by atoms with Gasteiger partial charge in [0, 0.05) is 19.4 Å². The number of nitrogens with two attached hydrogens (primary N) is 1. The van der Waals surface area contributed by atoms with Crippen LogP contribution in [-0.4, -0.2) is 34.8 Å². The van der Waals surface area contributed by atoms with Gasteiger partial charge in [-0.25, -0.2) is 0 Å². The smallest absolute Gasteiger partial charge is 0.149 e. The van der Waals surface area contributed by atoms with E-state index in [9.17, 15) is 0 Å².